The first kappa shape index (κ1) is 18.1. The van der Waals surface area contributed by atoms with Gasteiger partial charge in [-0.15, -0.1) is 0 Å². The third-order valence-corrected chi connectivity index (χ3v) is 5.35. The second-order valence-corrected chi connectivity index (χ2v) is 7.60. The number of ether oxygens (including phenoxy) is 2. The van der Waals surface area contributed by atoms with Crippen LogP contribution in [0, 0.1) is 0 Å². The normalized spacial score (nSPS) is 13.8. The molecule has 2 N–H and O–H groups in total. The van der Waals surface area contributed by atoms with E-state index < -0.39 is 10.0 Å². The molecule has 2 aromatic carbocycles. The van der Waals surface area contributed by atoms with Gasteiger partial charge >= 0.3 is 0 Å². The first-order chi connectivity index (χ1) is 12.4. The molecular weight excluding hydrogens is 356 g/mol. The van der Waals surface area contributed by atoms with E-state index in [2.05, 4.69) is 10.0 Å². The second kappa shape index (κ2) is 7.25. The predicted molar refractivity (Wildman–Crippen MR) is 97.3 cm³/mol. The van der Waals surface area contributed by atoms with E-state index in [-0.39, 0.29) is 22.6 Å². The maximum absolute atomic E-state index is 12.8. The Morgan fingerprint density at radius 3 is 2.50 bits per heavy atom. The molecule has 1 fully saturated rings. The Bertz CT molecular complexity index is 923. The Balaban J connectivity index is 1.86. The summed E-state index contributed by atoms with van der Waals surface area (Å²) in [5, 5.41) is 2.87. The smallest absolute Gasteiger partial charge is 0.265 e. The number of hydrogen-bond donors (Lipinski definition) is 2. The molecule has 1 saturated carbocycles. The molecule has 0 atom stereocenters. The fourth-order valence-corrected chi connectivity index (χ4v) is 3.66. The molecule has 2 aromatic rings. The van der Waals surface area contributed by atoms with Crippen LogP contribution in [0.4, 0.5) is 5.69 Å². The van der Waals surface area contributed by atoms with Crippen molar-refractivity contribution in [1.82, 2.24) is 5.32 Å². The van der Waals surface area contributed by atoms with Crippen molar-refractivity contribution in [1.29, 1.82) is 0 Å². The highest BCUT2D eigenvalue weighted by atomic mass is 32.2. The molecule has 0 spiro atoms. The highest BCUT2D eigenvalue weighted by Crippen LogP contribution is 2.30. The number of sulfonamides is 1. The number of rotatable bonds is 7. The van der Waals surface area contributed by atoms with Gasteiger partial charge in [-0.3, -0.25) is 9.52 Å². The molecule has 0 bridgehead atoms. The van der Waals surface area contributed by atoms with E-state index in [4.69, 9.17) is 9.47 Å². The molecule has 1 amide bonds. The summed E-state index contributed by atoms with van der Waals surface area (Å²) in [6.07, 6.45) is 1.96. The molecule has 0 saturated heterocycles. The minimum Gasteiger partial charge on any atom is -0.497 e. The lowest BCUT2D eigenvalue weighted by Crippen LogP contribution is -2.25. The van der Waals surface area contributed by atoms with Crippen LogP contribution in [0.15, 0.2) is 47.4 Å². The van der Waals surface area contributed by atoms with Crippen molar-refractivity contribution >= 4 is 21.6 Å². The lowest BCUT2D eigenvalue weighted by atomic mass is 10.2. The molecule has 1 aliphatic carbocycles. The van der Waals surface area contributed by atoms with E-state index in [1.807, 2.05) is 0 Å². The average molecular weight is 376 g/mol. The minimum absolute atomic E-state index is 0.0489. The van der Waals surface area contributed by atoms with Gasteiger partial charge in [0, 0.05) is 23.4 Å². The van der Waals surface area contributed by atoms with Gasteiger partial charge in [0.05, 0.1) is 14.2 Å². The second-order valence-electron chi connectivity index (χ2n) is 5.95. The van der Waals surface area contributed by atoms with Crippen LogP contribution >= 0.6 is 0 Å². The topological polar surface area (TPSA) is 93.7 Å². The summed E-state index contributed by atoms with van der Waals surface area (Å²) in [6.45, 7) is 0. The lowest BCUT2D eigenvalue weighted by Gasteiger charge is -2.13. The van der Waals surface area contributed by atoms with Crippen LogP contribution in [-0.4, -0.2) is 34.6 Å². The standard InChI is InChI=1S/C18H20N2O5S/c1-24-15-8-9-16(25-2)17(11-15)26(22,23)20-14-5-3-4-12(10-14)18(21)19-13-6-7-13/h3-5,8-11,13,20H,6-7H2,1-2H3,(H,19,21). The molecule has 0 unspecified atom stereocenters. The molecule has 8 heteroatoms. The van der Waals surface area contributed by atoms with Crippen LogP contribution < -0.4 is 19.5 Å². The molecule has 0 radical (unpaired) electrons. The van der Waals surface area contributed by atoms with E-state index in [0.717, 1.165) is 12.8 Å². The summed E-state index contributed by atoms with van der Waals surface area (Å²) in [5.74, 6) is 0.372. The molecule has 0 heterocycles. The van der Waals surface area contributed by atoms with Crippen LogP contribution in [0.3, 0.4) is 0 Å². The van der Waals surface area contributed by atoms with E-state index >= 15 is 0 Å². The van der Waals surface area contributed by atoms with Crippen molar-refractivity contribution in [3.63, 3.8) is 0 Å². The molecule has 7 nitrogen and oxygen atoms in total. The molecule has 26 heavy (non-hydrogen) atoms. The number of amides is 1. The highest BCUT2D eigenvalue weighted by Gasteiger charge is 2.24. The largest absolute Gasteiger partial charge is 0.497 e. The number of carbonyl (C=O) groups is 1. The number of nitrogens with one attached hydrogen (secondary N) is 2. The fraction of sp³-hybridized carbons (Fsp3) is 0.278. The number of carbonyl (C=O) groups excluding carboxylic acids is 1. The molecular formula is C18H20N2O5S. The number of hydrogen-bond acceptors (Lipinski definition) is 5. The van der Waals surface area contributed by atoms with Crippen molar-refractivity contribution in [2.24, 2.45) is 0 Å². The van der Waals surface area contributed by atoms with Gasteiger partial charge in [0.1, 0.15) is 16.4 Å². The number of benzene rings is 2. The van der Waals surface area contributed by atoms with Gasteiger partial charge in [-0.1, -0.05) is 6.07 Å². The van der Waals surface area contributed by atoms with Crippen LogP contribution in [-0.2, 0) is 10.0 Å². The zero-order chi connectivity index (χ0) is 18.7. The van der Waals surface area contributed by atoms with Crippen LogP contribution in [0.5, 0.6) is 11.5 Å². The van der Waals surface area contributed by atoms with Crippen molar-refractivity contribution in [3.8, 4) is 11.5 Å². The third kappa shape index (κ3) is 4.08. The monoisotopic (exact) mass is 376 g/mol. The van der Waals surface area contributed by atoms with Gasteiger partial charge in [0.2, 0.25) is 0 Å². The van der Waals surface area contributed by atoms with Gasteiger partial charge in [-0.2, -0.15) is 0 Å². The zero-order valence-electron chi connectivity index (χ0n) is 14.5. The molecule has 3 rings (SSSR count). The highest BCUT2D eigenvalue weighted by molar-refractivity contribution is 7.92. The first-order valence-corrected chi connectivity index (χ1v) is 9.57. The van der Waals surface area contributed by atoms with E-state index in [1.54, 1.807) is 24.3 Å². The van der Waals surface area contributed by atoms with Gasteiger partial charge < -0.3 is 14.8 Å². The fourth-order valence-electron chi connectivity index (χ4n) is 2.42. The minimum atomic E-state index is -3.93. The van der Waals surface area contributed by atoms with Gasteiger partial charge in [0.15, 0.2) is 0 Å². The quantitative estimate of drug-likeness (QED) is 0.774. The lowest BCUT2D eigenvalue weighted by molar-refractivity contribution is 0.0951. The van der Waals surface area contributed by atoms with Crippen LogP contribution in [0.25, 0.3) is 0 Å². The van der Waals surface area contributed by atoms with E-state index in [0.29, 0.717) is 17.0 Å². The average Bonchev–Trinajstić information content (AvgIpc) is 3.45. The van der Waals surface area contributed by atoms with Gasteiger partial charge in [0.25, 0.3) is 15.9 Å². The summed E-state index contributed by atoms with van der Waals surface area (Å²) < 4.78 is 38.3. The number of methoxy groups -OCH3 is 2. The van der Waals surface area contributed by atoms with E-state index in [9.17, 15) is 13.2 Å². The zero-order valence-corrected chi connectivity index (χ0v) is 15.3. The maximum Gasteiger partial charge on any atom is 0.265 e. The Hall–Kier alpha value is -2.74. The van der Waals surface area contributed by atoms with Crippen molar-refractivity contribution < 1.29 is 22.7 Å². The molecule has 0 aromatic heterocycles. The summed E-state index contributed by atoms with van der Waals surface area (Å²) in [5.41, 5.74) is 0.688. The summed E-state index contributed by atoms with van der Waals surface area (Å²) >= 11 is 0. The first-order valence-electron chi connectivity index (χ1n) is 8.09. The van der Waals surface area contributed by atoms with Crippen LogP contribution in [0.1, 0.15) is 23.2 Å². The van der Waals surface area contributed by atoms with Gasteiger partial charge in [-0.05, 0) is 43.2 Å². The molecule has 0 aliphatic heterocycles. The summed E-state index contributed by atoms with van der Waals surface area (Å²) in [6, 6.07) is 11.1. The third-order valence-electron chi connectivity index (χ3n) is 3.95. The summed E-state index contributed by atoms with van der Waals surface area (Å²) in [7, 11) is -1.08. The maximum atomic E-state index is 12.8. The van der Waals surface area contributed by atoms with Crippen LogP contribution in [0.2, 0.25) is 0 Å². The van der Waals surface area contributed by atoms with Crippen molar-refractivity contribution in [3.05, 3.63) is 48.0 Å². The predicted octanol–water partition coefficient (Wildman–Crippen LogP) is 2.40. The SMILES string of the molecule is COc1ccc(OC)c(S(=O)(=O)Nc2cccc(C(=O)NC3CC3)c2)c1. The molecule has 1 aliphatic rings. The Labute approximate surface area is 152 Å². The molecule has 138 valence electrons. The van der Waals surface area contributed by atoms with E-state index in [1.165, 1.54) is 32.4 Å². The Morgan fingerprint density at radius 2 is 1.85 bits per heavy atom. The van der Waals surface area contributed by atoms with Crippen molar-refractivity contribution in [2.45, 2.75) is 23.8 Å². The Morgan fingerprint density at radius 1 is 1.08 bits per heavy atom. The van der Waals surface area contributed by atoms with Gasteiger partial charge in [-0.25, -0.2) is 8.42 Å². The number of anilines is 1. The summed E-state index contributed by atoms with van der Waals surface area (Å²) in [4.78, 5) is 12.1. The van der Waals surface area contributed by atoms with Crippen molar-refractivity contribution in [2.75, 3.05) is 18.9 Å². The Kier molecular flexibility index (Phi) is 5.03.